The van der Waals surface area contributed by atoms with Crippen molar-refractivity contribution in [2.45, 2.75) is 59.7 Å². The molecule has 1 fully saturated rings. The Kier molecular flexibility index (Phi) is 7.83. The van der Waals surface area contributed by atoms with Gasteiger partial charge in [0.1, 0.15) is 11.4 Å². The lowest BCUT2D eigenvalue weighted by atomic mass is 10.0. The fraction of sp³-hybridized carbons (Fsp3) is 0.480. The molecule has 2 amide bonds. The Morgan fingerprint density at radius 2 is 1.94 bits per heavy atom. The number of amides is 2. The number of carbonyl (C=O) groups excluding carboxylic acids is 2. The molecule has 1 aliphatic heterocycles. The van der Waals surface area contributed by atoms with Crippen LogP contribution in [0.5, 0.6) is 0 Å². The average Bonchev–Trinajstić information content (AvgIpc) is 2.72. The quantitative estimate of drug-likeness (QED) is 0.638. The molecule has 1 aliphatic rings. The lowest BCUT2D eigenvalue weighted by molar-refractivity contribution is 0.000535. The number of piperazine rings is 1. The van der Waals surface area contributed by atoms with E-state index in [0.717, 1.165) is 11.1 Å². The highest BCUT2D eigenvalue weighted by Gasteiger charge is 2.31. The summed E-state index contributed by atoms with van der Waals surface area (Å²) in [5.74, 6) is -0.988. The van der Waals surface area contributed by atoms with E-state index in [1.54, 1.807) is 17.9 Å². The van der Waals surface area contributed by atoms with Gasteiger partial charge in [-0.2, -0.15) is 0 Å². The fourth-order valence-corrected chi connectivity index (χ4v) is 4.10. The maximum Gasteiger partial charge on any atom is 0.410 e. The number of rotatable bonds is 4. The summed E-state index contributed by atoms with van der Waals surface area (Å²) in [6.07, 6.45) is 1.05. The van der Waals surface area contributed by atoms with Crippen molar-refractivity contribution in [2.75, 3.05) is 25.0 Å². The molecule has 1 atom stereocenters. The van der Waals surface area contributed by atoms with E-state index >= 15 is 0 Å². The molecule has 1 N–H and O–H groups in total. The Bertz CT molecular complexity index is 1090. The molecular weight excluding hydrogens is 459 g/mol. The van der Waals surface area contributed by atoms with Crippen LogP contribution >= 0.6 is 11.6 Å². The maximum atomic E-state index is 13.8. The number of carbonyl (C=O) groups is 2. The highest BCUT2D eigenvalue weighted by Crippen LogP contribution is 2.27. The number of aryl methyl sites for hydroxylation is 1. The van der Waals surface area contributed by atoms with Gasteiger partial charge in [0, 0.05) is 49.1 Å². The number of anilines is 1. The fourth-order valence-electron chi connectivity index (χ4n) is 3.86. The molecule has 0 aliphatic carbocycles. The highest BCUT2D eigenvalue weighted by atomic mass is 35.5. The van der Waals surface area contributed by atoms with Crippen LogP contribution < -0.4 is 5.32 Å². The molecule has 1 saturated heterocycles. The van der Waals surface area contributed by atoms with Crippen LogP contribution in [0.25, 0.3) is 0 Å². The number of aromatic nitrogens is 1. The summed E-state index contributed by atoms with van der Waals surface area (Å²) in [5, 5.41) is 3.32. The summed E-state index contributed by atoms with van der Waals surface area (Å²) in [4.78, 5) is 33.1. The van der Waals surface area contributed by atoms with Gasteiger partial charge in [-0.25, -0.2) is 9.18 Å². The van der Waals surface area contributed by atoms with E-state index in [1.807, 2.05) is 40.7 Å². The number of benzene rings is 1. The van der Waals surface area contributed by atoms with E-state index in [1.165, 1.54) is 12.3 Å². The Morgan fingerprint density at radius 3 is 2.56 bits per heavy atom. The Labute approximate surface area is 205 Å². The monoisotopic (exact) mass is 490 g/mol. The average molecular weight is 491 g/mol. The topological polar surface area (TPSA) is 74.8 Å². The van der Waals surface area contributed by atoms with Gasteiger partial charge in [-0.05, 0) is 70.9 Å². The largest absolute Gasteiger partial charge is 0.444 e. The minimum absolute atomic E-state index is 0.00815. The molecule has 1 aromatic carbocycles. The number of pyridine rings is 1. The summed E-state index contributed by atoms with van der Waals surface area (Å²) in [6, 6.07) is 4.72. The van der Waals surface area contributed by atoms with Crippen molar-refractivity contribution < 1.29 is 18.7 Å². The van der Waals surface area contributed by atoms with Crippen molar-refractivity contribution >= 4 is 29.3 Å². The Hall–Kier alpha value is -2.71. The standard InChI is InChI=1S/C25H32ClFN4O3/c1-15-13-30(7-8-31(15)24(33)34-25(4,5)6)14-19-9-20(26)11-22(16(19)2)29-23(32)18-10-21(27)17(3)28-12-18/h9-12,15H,7-8,13-14H2,1-6H3,(H,29,32)/t15-/m1/s1. The van der Waals surface area contributed by atoms with Gasteiger partial charge in [-0.3, -0.25) is 14.7 Å². The smallest absolute Gasteiger partial charge is 0.410 e. The molecule has 1 aromatic heterocycles. The second-order valence-electron chi connectivity index (χ2n) is 9.74. The van der Waals surface area contributed by atoms with Crippen LogP contribution in [0.2, 0.25) is 5.02 Å². The van der Waals surface area contributed by atoms with Gasteiger partial charge >= 0.3 is 6.09 Å². The van der Waals surface area contributed by atoms with Gasteiger partial charge in [-0.15, -0.1) is 0 Å². The van der Waals surface area contributed by atoms with Crippen molar-refractivity contribution in [1.29, 1.82) is 0 Å². The van der Waals surface area contributed by atoms with E-state index in [2.05, 4.69) is 15.2 Å². The zero-order chi connectivity index (χ0) is 25.2. The summed E-state index contributed by atoms with van der Waals surface area (Å²) in [6.45, 7) is 13.6. The lowest BCUT2D eigenvalue weighted by Crippen LogP contribution is -2.54. The molecule has 3 rings (SSSR count). The van der Waals surface area contributed by atoms with E-state index in [9.17, 15) is 14.0 Å². The van der Waals surface area contributed by atoms with Gasteiger partial charge in [0.2, 0.25) is 0 Å². The van der Waals surface area contributed by atoms with Crippen LogP contribution in [-0.4, -0.2) is 58.1 Å². The summed E-state index contributed by atoms with van der Waals surface area (Å²) < 4.78 is 19.4. The van der Waals surface area contributed by atoms with Crippen molar-refractivity contribution in [2.24, 2.45) is 0 Å². The molecule has 0 radical (unpaired) electrons. The van der Waals surface area contributed by atoms with Crippen molar-refractivity contribution in [3.05, 3.63) is 57.6 Å². The first kappa shape index (κ1) is 25.9. The molecule has 0 saturated carbocycles. The SMILES string of the molecule is Cc1ncc(C(=O)Nc2cc(Cl)cc(CN3CCN(C(=O)OC(C)(C)C)[C@H](C)C3)c2C)cc1F. The van der Waals surface area contributed by atoms with Crippen molar-refractivity contribution in [3.8, 4) is 0 Å². The Balaban J connectivity index is 1.70. The molecule has 0 bridgehead atoms. The molecular formula is C25H32ClFN4O3. The second kappa shape index (κ2) is 10.3. The number of hydrogen-bond donors (Lipinski definition) is 1. The number of ether oxygens (including phenoxy) is 1. The predicted molar refractivity (Wildman–Crippen MR) is 131 cm³/mol. The number of halogens is 2. The molecule has 2 aromatic rings. The van der Waals surface area contributed by atoms with Gasteiger partial charge in [0.25, 0.3) is 5.91 Å². The molecule has 7 nitrogen and oxygen atoms in total. The van der Waals surface area contributed by atoms with Crippen LogP contribution in [0.1, 0.15) is 54.9 Å². The summed E-state index contributed by atoms with van der Waals surface area (Å²) >= 11 is 6.36. The van der Waals surface area contributed by atoms with Crippen LogP contribution in [-0.2, 0) is 11.3 Å². The second-order valence-corrected chi connectivity index (χ2v) is 10.2. The van der Waals surface area contributed by atoms with Crippen LogP contribution in [0.15, 0.2) is 24.4 Å². The van der Waals surface area contributed by atoms with E-state index in [4.69, 9.17) is 16.3 Å². The van der Waals surface area contributed by atoms with Gasteiger partial charge in [-0.1, -0.05) is 11.6 Å². The Morgan fingerprint density at radius 1 is 1.24 bits per heavy atom. The molecule has 0 unspecified atom stereocenters. The minimum Gasteiger partial charge on any atom is -0.444 e. The zero-order valence-electron chi connectivity index (χ0n) is 20.5. The molecule has 9 heteroatoms. The zero-order valence-corrected chi connectivity index (χ0v) is 21.3. The predicted octanol–water partition coefficient (Wildman–Crippen LogP) is 5.18. The van der Waals surface area contributed by atoms with Gasteiger partial charge < -0.3 is 15.0 Å². The van der Waals surface area contributed by atoms with Crippen LogP contribution in [0.3, 0.4) is 0 Å². The van der Waals surface area contributed by atoms with Crippen molar-refractivity contribution in [1.82, 2.24) is 14.8 Å². The van der Waals surface area contributed by atoms with Gasteiger partial charge in [0.15, 0.2) is 0 Å². The lowest BCUT2D eigenvalue weighted by Gasteiger charge is -2.40. The number of hydrogen-bond acceptors (Lipinski definition) is 5. The summed E-state index contributed by atoms with van der Waals surface area (Å²) in [7, 11) is 0. The minimum atomic E-state index is -0.535. The molecule has 2 heterocycles. The first-order chi connectivity index (χ1) is 15.8. The third-order valence-corrected chi connectivity index (χ3v) is 5.97. The summed E-state index contributed by atoms with van der Waals surface area (Å²) in [5.41, 5.74) is 2.24. The van der Waals surface area contributed by atoms with Crippen LogP contribution in [0, 0.1) is 19.7 Å². The normalized spacial score (nSPS) is 16.9. The molecule has 34 heavy (non-hydrogen) atoms. The third-order valence-electron chi connectivity index (χ3n) is 5.75. The molecule has 184 valence electrons. The molecule has 0 spiro atoms. The van der Waals surface area contributed by atoms with E-state index in [0.29, 0.717) is 36.9 Å². The van der Waals surface area contributed by atoms with Crippen LogP contribution in [0.4, 0.5) is 14.9 Å². The van der Waals surface area contributed by atoms with E-state index in [-0.39, 0.29) is 23.4 Å². The number of nitrogens with zero attached hydrogens (tertiary/aromatic N) is 3. The maximum absolute atomic E-state index is 13.8. The van der Waals surface area contributed by atoms with Crippen molar-refractivity contribution in [3.63, 3.8) is 0 Å². The first-order valence-corrected chi connectivity index (χ1v) is 11.7. The van der Waals surface area contributed by atoms with E-state index < -0.39 is 17.3 Å². The third kappa shape index (κ3) is 6.45. The highest BCUT2D eigenvalue weighted by molar-refractivity contribution is 6.31. The van der Waals surface area contributed by atoms with Gasteiger partial charge in [0.05, 0.1) is 11.3 Å². The first-order valence-electron chi connectivity index (χ1n) is 11.3. The number of nitrogens with one attached hydrogen (secondary N) is 1.